The van der Waals surface area contributed by atoms with Crippen LogP contribution in [0, 0.1) is 0 Å². The van der Waals surface area contributed by atoms with Crippen molar-refractivity contribution < 1.29 is 37.3 Å². The number of rotatable bonds is 10. The van der Waals surface area contributed by atoms with Crippen molar-refractivity contribution in [3.63, 3.8) is 0 Å². The molecule has 3 aromatic carbocycles. The van der Waals surface area contributed by atoms with E-state index < -0.39 is 16.0 Å². The molecule has 0 radical (unpaired) electrons. The Bertz CT molecular complexity index is 2260. The summed E-state index contributed by atoms with van der Waals surface area (Å²) < 4.78 is 44.8. The van der Waals surface area contributed by atoms with Crippen molar-refractivity contribution in [2.24, 2.45) is 0 Å². The van der Waals surface area contributed by atoms with Crippen LogP contribution >= 0.6 is 0 Å². The molecule has 3 N–H and O–H groups in total. The van der Waals surface area contributed by atoms with Gasteiger partial charge in [-0.2, -0.15) is 9.97 Å². The van der Waals surface area contributed by atoms with Gasteiger partial charge in [0.25, 0.3) is 10.0 Å². The van der Waals surface area contributed by atoms with E-state index in [2.05, 4.69) is 14.7 Å². The smallest absolute Gasteiger partial charge is 0.336 e. The molecule has 1 aliphatic carbocycles. The topological polar surface area (TPSA) is 178 Å². The first kappa shape index (κ1) is 31.0. The lowest BCUT2D eigenvalue weighted by molar-refractivity contribution is 0.0697. The van der Waals surface area contributed by atoms with Gasteiger partial charge in [0, 0.05) is 34.2 Å². The number of fused-ring (bicyclic) bond motifs is 2. The van der Waals surface area contributed by atoms with E-state index in [4.69, 9.17) is 13.9 Å². The number of phenolic OH excluding ortho intramolecular Hbond substituents is 1. The zero-order valence-electron chi connectivity index (χ0n) is 25.1. The van der Waals surface area contributed by atoms with Crippen LogP contribution in [0.25, 0.3) is 33.4 Å². The Hall–Kier alpha value is -5.95. The first-order valence-electron chi connectivity index (χ1n) is 14.2. The Morgan fingerprint density at radius 1 is 0.894 bits per heavy atom. The molecule has 0 atom stereocenters. The van der Waals surface area contributed by atoms with Gasteiger partial charge in [-0.1, -0.05) is 30.3 Å². The maximum atomic E-state index is 13.1. The predicted molar refractivity (Wildman–Crippen MR) is 173 cm³/mol. The third kappa shape index (κ3) is 6.16. The molecule has 238 valence electrons. The van der Waals surface area contributed by atoms with Crippen molar-refractivity contribution in [2.75, 3.05) is 18.9 Å². The molecule has 0 saturated carbocycles. The van der Waals surface area contributed by atoms with Crippen LogP contribution in [0.2, 0.25) is 0 Å². The molecule has 1 aromatic heterocycles. The number of carboxylic acid groups (broad SMARTS) is 1. The Morgan fingerprint density at radius 2 is 1.66 bits per heavy atom. The Balaban J connectivity index is 1.34. The fraction of sp³-hybridized carbons (Fsp3) is 0.118. The van der Waals surface area contributed by atoms with Crippen LogP contribution in [0.15, 0.2) is 99.0 Å². The first-order chi connectivity index (χ1) is 22.6. The molecule has 0 amide bonds. The summed E-state index contributed by atoms with van der Waals surface area (Å²) in [5, 5.41) is 21.4. The number of ether oxygens (including phenoxy) is 2. The van der Waals surface area contributed by atoms with Gasteiger partial charge in [0.15, 0.2) is 11.2 Å². The van der Waals surface area contributed by atoms with E-state index in [0.717, 1.165) is 5.56 Å². The van der Waals surface area contributed by atoms with Crippen molar-refractivity contribution >= 4 is 32.8 Å². The van der Waals surface area contributed by atoms with Crippen LogP contribution in [0.5, 0.6) is 17.6 Å². The van der Waals surface area contributed by atoms with E-state index in [1.165, 1.54) is 56.7 Å². The number of aromatic hydroxyl groups is 1. The summed E-state index contributed by atoms with van der Waals surface area (Å²) in [6.45, 7) is 0. The van der Waals surface area contributed by atoms with Crippen molar-refractivity contribution in [2.45, 2.75) is 17.7 Å². The Kier molecular flexibility index (Phi) is 8.22. The second-order valence-corrected chi connectivity index (χ2v) is 12.1. The average molecular weight is 654 g/mol. The van der Waals surface area contributed by atoms with Crippen LogP contribution in [0.1, 0.15) is 21.5 Å². The van der Waals surface area contributed by atoms with Gasteiger partial charge in [-0.25, -0.2) is 13.2 Å². The molecular formula is C34H27N3O9S. The molecule has 2 aliphatic rings. The Morgan fingerprint density at radius 3 is 2.38 bits per heavy atom. The van der Waals surface area contributed by atoms with E-state index in [1.54, 1.807) is 42.5 Å². The second kappa shape index (κ2) is 12.4. The molecule has 0 unspecified atom stereocenters. The summed E-state index contributed by atoms with van der Waals surface area (Å²) in [6, 6.07) is 21.5. The van der Waals surface area contributed by atoms with Crippen molar-refractivity contribution in [1.29, 1.82) is 0 Å². The number of phenols is 1. The van der Waals surface area contributed by atoms with Gasteiger partial charge in [0.05, 0.1) is 24.7 Å². The first-order valence-corrected chi connectivity index (χ1v) is 15.7. The number of nitrogens with one attached hydrogen (secondary N) is 1. The summed E-state index contributed by atoms with van der Waals surface area (Å²) in [5.41, 5.74) is 2.84. The number of aromatic nitrogens is 2. The Labute approximate surface area is 268 Å². The molecule has 2 heterocycles. The lowest BCUT2D eigenvalue weighted by atomic mass is 9.89. The lowest BCUT2D eigenvalue weighted by Gasteiger charge is -2.18. The minimum Gasteiger partial charge on any atom is -0.508 e. The van der Waals surface area contributed by atoms with Gasteiger partial charge < -0.3 is 24.1 Å². The van der Waals surface area contributed by atoms with Gasteiger partial charge in [-0.05, 0) is 66.4 Å². The number of anilines is 1. The summed E-state index contributed by atoms with van der Waals surface area (Å²) in [6.07, 6.45) is 0.664. The average Bonchev–Trinajstić information content (AvgIpc) is 3.06. The largest absolute Gasteiger partial charge is 0.508 e. The number of carboxylic acids is 1. The molecule has 12 nitrogen and oxygen atoms in total. The minimum absolute atomic E-state index is 0.0116. The van der Waals surface area contributed by atoms with Crippen molar-refractivity contribution in [3.8, 4) is 40.1 Å². The van der Waals surface area contributed by atoms with Crippen LogP contribution in [0.3, 0.4) is 0 Å². The molecular weight excluding hydrogens is 626 g/mol. The highest BCUT2D eigenvalue weighted by molar-refractivity contribution is 7.92. The van der Waals surface area contributed by atoms with Gasteiger partial charge >= 0.3 is 12.0 Å². The molecule has 0 fully saturated rings. The number of sulfonamides is 1. The molecule has 0 spiro atoms. The summed E-state index contributed by atoms with van der Waals surface area (Å²) in [7, 11) is -1.29. The fourth-order valence-corrected chi connectivity index (χ4v) is 6.34. The maximum absolute atomic E-state index is 13.1. The number of hydrogen-bond donors (Lipinski definition) is 3. The van der Waals surface area contributed by atoms with Gasteiger partial charge in [-0.15, -0.1) is 0 Å². The molecule has 47 heavy (non-hydrogen) atoms. The van der Waals surface area contributed by atoms with E-state index in [0.29, 0.717) is 39.6 Å². The van der Waals surface area contributed by atoms with Crippen LogP contribution < -0.4 is 19.6 Å². The molecule has 4 aromatic rings. The monoisotopic (exact) mass is 653 g/mol. The summed E-state index contributed by atoms with van der Waals surface area (Å²) in [4.78, 5) is 32.4. The molecule has 0 bridgehead atoms. The maximum Gasteiger partial charge on any atom is 0.336 e. The quantitative estimate of drug-likeness (QED) is 0.162. The number of aryl methyl sites for hydroxylation is 2. The highest BCUT2D eigenvalue weighted by atomic mass is 32.2. The normalized spacial score (nSPS) is 11.4. The number of hydrogen-bond acceptors (Lipinski definition) is 10. The number of aromatic carboxylic acids is 1. The number of nitrogens with zero attached hydrogens (tertiary/aromatic N) is 2. The molecule has 1 aliphatic heterocycles. The zero-order valence-corrected chi connectivity index (χ0v) is 25.9. The van der Waals surface area contributed by atoms with Gasteiger partial charge in [0.1, 0.15) is 17.1 Å². The predicted octanol–water partition coefficient (Wildman–Crippen LogP) is 5.36. The lowest BCUT2D eigenvalue weighted by Crippen LogP contribution is -2.14. The van der Waals surface area contributed by atoms with Crippen LogP contribution in [0.4, 0.5) is 5.82 Å². The third-order valence-electron chi connectivity index (χ3n) is 7.58. The van der Waals surface area contributed by atoms with Crippen LogP contribution in [-0.4, -0.2) is 48.8 Å². The van der Waals surface area contributed by atoms with E-state index in [9.17, 15) is 28.2 Å². The minimum atomic E-state index is -4.02. The van der Waals surface area contributed by atoms with Crippen molar-refractivity contribution in [3.05, 3.63) is 112 Å². The molecule has 6 rings (SSSR count). The highest BCUT2D eigenvalue weighted by Crippen LogP contribution is 2.43. The van der Waals surface area contributed by atoms with Crippen LogP contribution in [-0.2, 0) is 22.9 Å². The summed E-state index contributed by atoms with van der Waals surface area (Å²) >= 11 is 0. The third-order valence-corrected chi connectivity index (χ3v) is 8.95. The SMILES string of the molecule is COc1cc(NS(=O)(=O)c2ccc(CCc3c(O)ccc4c(-c5ccccc5C(=O)O)c5ccc(=O)cc-5oc34)cc2)nc(OC)n1. The number of methoxy groups -OCH3 is 2. The zero-order chi connectivity index (χ0) is 33.3. The van der Waals surface area contributed by atoms with Crippen molar-refractivity contribution in [1.82, 2.24) is 9.97 Å². The standard InChI is InChI=1S/C34H27N3O9S/c1-44-30-18-29(35-34(36-30)45-2)37-47(42,43)21-11-7-19(8-12-21)9-13-24-27(39)16-15-26-31(22-5-3-4-6-23(22)33(40)41)25-14-10-20(38)17-28(25)46-32(24)26/h3-8,10-12,14-18,39H,9,13H2,1-2H3,(H,40,41)(H,35,36,37). The van der Waals surface area contributed by atoms with Gasteiger partial charge in [-0.3, -0.25) is 9.52 Å². The fourth-order valence-electron chi connectivity index (χ4n) is 5.35. The summed E-state index contributed by atoms with van der Waals surface area (Å²) in [5.74, 6) is -0.828. The molecule has 13 heteroatoms. The van der Waals surface area contributed by atoms with Gasteiger partial charge in [0.2, 0.25) is 5.88 Å². The number of benzene rings is 4. The van der Waals surface area contributed by atoms with E-state index >= 15 is 0 Å². The second-order valence-electron chi connectivity index (χ2n) is 10.5. The van der Waals surface area contributed by atoms with E-state index in [1.807, 2.05) is 0 Å². The highest BCUT2D eigenvalue weighted by Gasteiger charge is 2.24. The van der Waals surface area contributed by atoms with E-state index in [-0.39, 0.29) is 51.5 Å². The number of carbonyl (C=O) groups is 1. The molecule has 0 saturated heterocycles.